The van der Waals surface area contributed by atoms with Crippen LogP contribution in [0.4, 0.5) is 4.39 Å². The van der Waals surface area contributed by atoms with E-state index in [0.29, 0.717) is 17.0 Å². The summed E-state index contributed by atoms with van der Waals surface area (Å²) in [4.78, 5) is 0. The third kappa shape index (κ3) is 4.26. The highest BCUT2D eigenvalue weighted by molar-refractivity contribution is 6.30. The van der Waals surface area contributed by atoms with Crippen molar-refractivity contribution >= 4 is 11.6 Å². The molecule has 4 heteroatoms. The van der Waals surface area contributed by atoms with Gasteiger partial charge in [-0.05, 0) is 43.7 Å². The second kappa shape index (κ2) is 6.94. The van der Waals surface area contributed by atoms with Gasteiger partial charge in [0.1, 0.15) is 5.82 Å². The monoisotopic (exact) mass is 259 g/mol. The Bertz CT molecular complexity index is 359. The Labute approximate surface area is 107 Å². The smallest absolute Gasteiger partial charge is 0.126 e. The molecule has 0 aliphatic heterocycles. The molecule has 17 heavy (non-hydrogen) atoms. The van der Waals surface area contributed by atoms with Crippen LogP contribution in [-0.2, 0) is 11.2 Å². The number of ether oxygens (including phenoxy) is 1. The van der Waals surface area contributed by atoms with Crippen LogP contribution in [0.5, 0.6) is 0 Å². The lowest BCUT2D eigenvalue weighted by Crippen LogP contribution is -2.41. The molecule has 1 rings (SSSR count). The first-order chi connectivity index (χ1) is 8.08. The number of halogens is 2. The molecule has 0 heterocycles. The van der Waals surface area contributed by atoms with E-state index in [9.17, 15) is 4.39 Å². The lowest BCUT2D eigenvalue weighted by atomic mass is 10.0. The van der Waals surface area contributed by atoms with Gasteiger partial charge in [-0.15, -0.1) is 0 Å². The molecule has 0 saturated heterocycles. The summed E-state index contributed by atoms with van der Waals surface area (Å²) in [5.74, 6) is -0.222. The highest BCUT2D eigenvalue weighted by Gasteiger charge is 2.18. The number of methoxy groups -OCH3 is 1. The summed E-state index contributed by atoms with van der Waals surface area (Å²) in [5, 5.41) is 3.85. The minimum atomic E-state index is -0.222. The molecule has 0 saturated carbocycles. The number of hydrogen-bond acceptors (Lipinski definition) is 2. The van der Waals surface area contributed by atoms with Crippen molar-refractivity contribution in [2.75, 3.05) is 13.7 Å². The third-order valence-corrected chi connectivity index (χ3v) is 3.09. The van der Waals surface area contributed by atoms with Crippen molar-refractivity contribution < 1.29 is 9.13 Å². The first-order valence-electron chi connectivity index (χ1n) is 5.78. The maximum Gasteiger partial charge on any atom is 0.126 e. The van der Waals surface area contributed by atoms with Crippen LogP contribution >= 0.6 is 11.6 Å². The zero-order chi connectivity index (χ0) is 12.8. The topological polar surface area (TPSA) is 21.3 Å². The summed E-state index contributed by atoms with van der Waals surface area (Å²) >= 11 is 5.87. The van der Waals surface area contributed by atoms with E-state index in [4.69, 9.17) is 16.3 Å². The minimum Gasteiger partial charge on any atom is -0.380 e. The second-order valence-corrected chi connectivity index (χ2v) is 4.48. The zero-order valence-corrected chi connectivity index (χ0v) is 11.2. The molecular formula is C13H19ClFNO. The molecule has 0 amide bonds. The van der Waals surface area contributed by atoms with Crippen molar-refractivity contribution in [3.63, 3.8) is 0 Å². The van der Waals surface area contributed by atoms with Crippen molar-refractivity contribution in [3.8, 4) is 0 Å². The van der Waals surface area contributed by atoms with Gasteiger partial charge in [0.2, 0.25) is 0 Å². The Morgan fingerprint density at radius 3 is 2.76 bits per heavy atom. The molecule has 2 atom stereocenters. The fourth-order valence-electron chi connectivity index (χ4n) is 1.77. The summed E-state index contributed by atoms with van der Waals surface area (Å²) in [6.07, 6.45) is 0.586. The van der Waals surface area contributed by atoms with Crippen LogP contribution in [0.3, 0.4) is 0 Å². The molecule has 2 nitrogen and oxygen atoms in total. The standard InChI is InChI=1S/C13H19ClFNO/c1-4-16-13(9(2)17-3)8-10-7-11(14)5-6-12(10)15/h5-7,9,13,16H,4,8H2,1-3H3. The Balaban J connectivity index is 2.81. The van der Waals surface area contributed by atoms with E-state index in [2.05, 4.69) is 5.32 Å². The summed E-state index contributed by atoms with van der Waals surface area (Å²) in [6, 6.07) is 4.71. The number of hydrogen-bond donors (Lipinski definition) is 1. The van der Waals surface area contributed by atoms with Crippen molar-refractivity contribution in [3.05, 3.63) is 34.6 Å². The van der Waals surface area contributed by atoms with Crippen LogP contribution in [0.25, 0.3) is 0 Å². The normalized spacial score (nSPS) is 14.6. The van der Waals surface area contributed by atoms with Crippen molar-refractivity contribution in [2.24, 2.45) is 0 Å². The average Bonchev–Trinajstić information content (AvgIpc) is 2.32. The van der Waals surface area contributed by atoms with Gasteiger partial charge in [0.15, 0.2) is 0 Å². The van der Waals surface area contributed by atoms with Gasteiger partial charge in [-0.3, -0.25) is 0 Å². The molecule has 1 aromatic carbocycles. The SMILES string of the molecule is CCNC(Cc1cc(Cl)ccc1F)C(C)OC. The first-order valence-corrected chi connectivity index (χ1v) is 6.16. The molecule has 0 aromatic heterocycles. The average molecular weight is 260 g/mol. The quantitative estimate of drug-likeness (QED) is 0.848. The third-order valence-electron chi connectivity index (χ3n) is 2.85. The van der Waals surface area contributed by atoms with Gasteiger partial charge in [0.25, 0.3) is 0 Å². The number of rotatable bonds is 6. The maximum atomic E-state index is 13.6. The molecule has 0 fully saturated rings. The molecule has 1 aromatic rings. The summed E-state index contributed by atoms with van der Waals surface area (Å²) in [5.41, 5.74) is 0.618. The van der Waals surface area contributed by atoms with E-state index in [0.717, 1.165) is 6.54 Å². The van der Waals surface area contributed by atoms with Crippen LogP contribution in [0.15, 0.2) is 18.2 Å². The Hall–Kier alpha value is -0.640. The van der Waals surface area contributed by atoms with E-state index in [1.165, 1.54) is 6.07 Å². The van der Waals surface area contributed by atoms with Crippen LogP contribution in [0.2, 0.25) is 5.02 Å². The Morgan fingerprint density at radius 2 is 2.18 bits per heavy atom. The van der Waals surface area contributed by atoms with E-state index in [1.807, 2.05) is 13.8 Å². The van der Waals surface area contributed by atoms with Crippen LogP contribution < -0.4 is 5.32 Å². The van der Waals surface area contributed by atoms with E-state index in [1.54, 1.807) is 19.2 Å². The van der Waals surface area contributed by atoms with Crippen LogP contribution in [0.1, 0.15) is 19.4 Å². The van der Waals surface area contributed by atoms with Gasteiger partial charge in [0.05, 0.1) is 6.10 Å². The van der Waals surface area contributed by atoms with Crippen molar-refractivity contribution in [2.45, 2.75) is 32.4 Å². The number of likely N-dealkylation sites (N-methyl/N-ethyl adjacent to an activating group) is 1. The molecule has 0 radical (unpaired) electrons. The molecule has 0 bridgehead atoms. The summed E-state index contributed by atoms with van der Waals surface area (Å²) in [6.45, 7) is 4.81. The lowest BCUT2D eigenvalue weighted by Gasteiger charge is -2.24. The highest BCUT2D eigenvalue weighted by atomic mass is 35.5. The fraction of sp³-hybridized carbons (Fsp3) is 0.538. The van der Waals surface area contributed by atoms with E-state index >= 15 is 0 Å². The van der Waals surface area contributed by atoms with Crippen molar-refractivity contribution in [1.82, 2.24) is 5.32 Å². The highest BCUT2D eigenvalue weighted by Crippen LogP contribution is 2.17. The largest absolute Gasteiger partial charge is 0.380 e. The molecule has 96 valence electrons. The van der Waals surface area contributed by atoms with Gasteiger partial charge in [-0.1, -0.05) is 18.5 Å². The molecular weight excluding hydrogens is 241 g/mol. The maximum absolute atomic E-state index is 13.6. The van der Waals surface area contributed by atoms with Crippen LogP contribution in [0, 0.1) is 5.82 Å². The first kappa shape index (κ1) is 14.4. The second-order valence-electron chi connectivity index (χ2n) is 4.04. The van der Waals surface area contributed by atoms with E-state index in [-0.39, 0.29) is 18.0 Å². The zero-order valence-electron chi connectivity index (χ0n) is 10.5. The van der Waals surface area contributed by atoms with Gasteiger partial charge in [0, 0.05) is 18.2 Å². The predicted octanol–water partition coefficient (Wildman–Crippen LogP) is 3.03. The van der Waals surface area contributed by atoms with Crippen molar-refractivity contribution in [1.29, 1.82) is 0 Å². The summed E-state index contributed by atoms with van der Waals surface area (Å²) in [7, 11) is 1.66. The molecule has 0 aliphatic rings. The van der Waals surface area contributed by atoms with E-state index < -0.39 is 0 Å². The van der Waals surface area contributed by atoms with Crippen LogP contribution in [-0.4, -0.2) is 25.8 Å². The van der Waals surface area contributed by atoms with Gasteiger partial charge in [-0.25, -0.2) is 4.39 Å². The number of benzene rings is 1. The Morgan fingerprint density at radius 1 is 1.47 bits per heavy atom. The minimum absolute atomic E-state index is 0.0216. The van der Waals surface area contributed by atoms with Gasteiger partial charge >= 0.3 is 0 Å². The lowest BCUT2D eigenvalue weighted by molar-refractivity contribution is 0.0833. The molecule has 2 unspecified atom stereocenters. The molecule has 0 aliphatic carbocycles. The summed E-state index contributed by atoms with van der Waals surface area (Å²) < 4.78 is 18.9. The van der Waals surface area contributed by atoms with Gasteiger partial charge < -0.3 is 10.1 Å². The number of nitrogens with one attached hydrogen (secondary N) is 1. The predicted molar refractivity (Wildman–Crippen MR) is 69.0 cm³/mol. The molecule has 1 N–H and O–H groups in total. The Kier molecular flexibility index (Phi) is 5.89. The van der Waals surface area contributed by atoms with Gasteiger partial charge in [-0.2, -0.15) is 0 Å². The fourth-order valence-corrected chi connectivity index (χ4v) is 1.96. The molecule has 0 spiro atoms.